The van der Waals surface area contributed by atoms with E-state index >= 15 is 0 Å². The number of rotatable bonds is 2. The van der Waals surface area contributed by atoms with E-state index in [-0.39, 0.29) is 0 Å². The van der Waals surface area contributed by atoms with Crippen molar-refractivity contribution < 1.29 is 8.76 Å². The maximum atomic E-state index is 11.3. The van der Waals surface area contributed by atoms with Crippen LogP contribution in [0.1, 0.15) is 18.9 Å². The minimum Gasteiger partial charge on any atom is -0.302 e. The minimum atomic E-state index is -1.87. The molecule has 0 spiro atoms. The van der Waals surface area contributed by atoms with Crippen molar-refractivity contribution in [3.8, 4) is 0 Å². The summed E-state index contributed by atoms with van der Waals surface area (Å²) in [6.45, 7) is 2.05. The normalized spacial score (nSPS) is 22.2. The quantitative estimate of drug-likeness (QED) is 0.798. The zero-order chi connectivity index (χ0) is 11.5. The van der Waals surface area contributed by atoms with Gasteiger partial charge in [-0.15, -0.1) is 0 Å². The summed E-state index contributed by atoms with van der Waals surface area (Å²) in [4.78, 5) is 0.626. The Balaban J connectivity index is 2.48. The highest BCUT2D eigenvalue weighted by molar-refractivity contribution is 7.83. The van der Waals surface area contributed by atoms with E-state index in [0.717, 1.165) is 11.1 Å². The molecule has 0 amide bonds. The molecule has 0 fully saturated rings. The standard InChI is InChI=1S/C13H14O2S/c1-10-7-8-12(13(9-10)16(14)15)11-5-3-2-4-6-11/h2-8,10H,9H2,1H3,(H,14,15). The van der Waals surface area contributed by atoms with Crippen LogP contribution in [0.2, 0.25) is 0 Å². The third-order valence-corrected chi connectivity index (χ3v) is 3.50. The summed E-state index contributed by atoms with van der Waals surface area (Å²) in [5, 5.41) is 0. The van der Waals surface area contributed by atoms with Crippen LogP contribution in [-0.4, -0.2) is 8.76 Å². The van der Waals surface area contributed by atoms with E-state index in [4.69, 9.17) is 0 Å². The van der Waals surface area contributed by atoms with Gasteiger partial charge in [-0.05, 0) is 23.5 Å². The van der Waals surface area contributed by atoms with E-state index in [0.29, 0.717) is 17.2 Å². The highest BCUT2D eigenvalue weighted by atomic mass is 32.2. The highest BCUT2D eigenvalue weighted by Crippen LogP contribution is 2.31. The third-order valence-electron chi connectivity index (χ3n) is 2.69. The lowest BCUT2D eigenvalue weighted by molar-refractivity contribution is 0.565. The van der Waals surface area contributed by atoms with Gasteiger partial charge >= 0.3 is 0 Å². The second kappa shape index (κ2) is 4.76. The Hall–Kier alpha value is -1.19. The molecule has 1 aromatic carbocycles. The van der Waals surface area contributed by atoms with Gasteiger partial charge in [0.1, 0.15) is 0 Å². The first-order chi connectivity index (χ1) is 7.68. The molecular weight excluding hydrogens is 220 g/mol. The second-order valence-corrected chi connectivity index (χ2v) is 4.98. The molecule has 2 atom stereocenters. The maximum absolute atomic E-state index is 11.3. The summed E-state index contributed by atoms with van der Waals surface area (Å²) in [6.07, 6.45) is 4.69. The van der Waals surface area contributed by atoms with E-state index in [1.165, 1.54) is 0 Å². The molecule has 1 aliphatic carbocycles. The fourth-order valence-corrected chi connectivity index (χ4v) is 2.64. The Morgan fingerprint density at radius 1 is 1.31 bits per heavy atom. The Bertz CT molecular complexity index is 460. The smallest absolute Gasteiger partial charge is 0.182 e. The monoisotopic (exact) mass is 234 g/mol. The molecule has 3 heteroatoms. The fraction of sp³-hybridized carbons (Fsp3) is 0.231. The number of benzene rings is 1. The summed E-state index contributed by atoms with van der Waals surface area (Å²) < 4.78 is 20.6. The number of hydrogen-bond donors (Lipinski definition) is 1. The summed E-state index contributed by atoms with van der Waals surface area (Å²) >= 11 is -1.87. The van der Waals surface area contributed by atoms with Crippen molar-refractivity contribution in [3.63, 3.8) is 0 Å². The van der Waals surface area contributed by atoms with Crippen LogP contribution < -0.4 is 0 Å². The molecule has 2 unspecified atom stereocenters. The molecule has 1 N–H and O–H groups in total. The second-order valence-electron chi connectivity index (χ2n) is 3.99. The average Bonchev–Trinajstić information content (AvgIpc) is 2.30. The molecule has 0 aromatic heterocycles. The van der Waals surface area contributed by atoms with E-state index in [9.17, 15) is 8.76 Å². The van der Waals surface area contributed by atoms with Crippen LogP contribution in [0.4, 0.5) is 0 Å². The molecule has 0 heterocycles. The molecule has 0 aliphatic heterocycles. The van der Waals surface area contributed by atoms with Crippen molar-refractivity contribution in [2.24, 2.45) is 5.92 Å². The van der Waals surface area contributed by atoms with Crippen molar-refractivity contribution in [1.82, 2.24) is 0 Å². The summed E-state index contributed by atoms with van der Waals surface area (Å²) in [5.41, 5.74) is 1.89. The van der Waals surface area contributed by atoms with Gasteiger partial charge < -0.3 is 4.55 Å². The Kier molecular flexibility index (Phi) is 3.36. The van der Waals surface area contributed by atoms with Crippen LogP contribution >= 0.6 is 0 Å². The van der Waals surface area contributed by atoms with Gasteiger partial charge in [-0.3, -0.25) is 0 Å². The van der Waals surface area contributed by atoms with Gasteiger partial charge in [-0.2, -0.15) is 0 Å². The first-order valence-electron chi connectivity index (χ1n) is 5.26. The van der Waals surface area contributed by atoms with Crippen molar-refractivity contribution in [2.45, 2.75) is 13.3 Å². The lowest BCUT2D eigenvalue weighted by atomic mass is 9.94. The average molecular weight is 234 g/mol. The maximum Gasteiger partial charge on any atom is 0.182 e. The van der Waals surface area contributed by atoms with Crippen LogP contribution in [0.5, 0.6) is 0 Å². The molecule has 2 nitrogen and oxygen atoms in total. The van der Waals surface area contributed by atoms with Gasteiger partial charge in [0.15, 0.2) is 11.1 Å². The van der Waals surface area contributed by atoms with Crippen molar-refractivity contribution in [3.05, 3.63) is 53.0 Å². The Labute approximate surface area is 98.0 Å². The van der Waals surface area contributed by atoms with Gasteiger partial charge in [0.25, 0.3) is 0 Å². The van der Waals surface area contributed by atoms with Gasteiger partial charge in [-0.1, -0.05) is 49.4 Å². The zero-order valence-corrected chi connectivity index (χ0v) is 9.91. The number of allylic oxidation sites excluding steroid dienone is 4. The predicted molar refractivity (Wildman–Crippen MR) is 67.1 cm³/mol. The highest BCUT2D eigenvalue weighted by Gasteiger charge is 2.18. The zero-order valence-electron chi connectivity index (χ0n) is 9.09. The van der Waals surface area contributed by atoms with Gasteiger partial charge in [0.05, 0.1) is 4.91 Å². The molecule has 0 saturated heterocycles. The predicted octanol–water partition coefficient (Wildman–Crippen LogP) is 3.22. The minimum absolute atomic E-state index is 0.332. The van der Waals surface area contributed by atoms with Crippen LogP contribution in [0.3, 0.4) is 0 Å². The van der Waals surface area contributed by atoms with E-state index < -0.39 is 11.1 Å². The Morgan fingerprint density at radius 2 is 2.00 bits per heavy atom. The molecule has 84 valence electrons. The molecule has 0 bridgehead atoms. The van der Waals surface area contributed by atoms with E-state index in [2.05, 4.69) is 6.08 Å². The summed E-state index contributed by atoms with van der Waals surface area (Å²) in [7, 11) is 0. The number of hydrogen-bond acceptors (Lipinski definition) is 1. The summed E-state index contributed by atoms with van der Waals surface area (Å²) in [6, 6.07) is 9.73. The van der Waals surface area contributed by atoms with Crippen LogP contribution in [0.25, 0.3) is 5.57 Å². The molecule has 1 aromatic rings. The van der Waals surface area contributed by atoms with Crippen molar-refractivity contribution >= 4 is 16.7 Å². The first kappa shape index (κ1) is 11.3. The molecule has 16 heavy (non-hydrogen) atoms. The van der Waals surface area contributed by atoms with Crippen LogP contribution in [0.15, 0.2) is 47.4 Å². The lowest BCUT2D eigenvalue weighted by Gasteiger charge is -2.17. The lowest BCUT2D eigenvalue weighted by Crippen LogP contribution is -2.06. The van der Waals surface area contributed by atoms with Crippen molar-refractivity contribution in [1.29, 1.82) is 0 Å². The largest absolute Gasteiger partial charge is 0.302 e. The fourth-order valence-electron chi connectivity index (χ4n) is 1.86. The van der Waals surface area contributed by atoms with Gasteiger partial charge in [0, 0.05) is 0 Å². The third kappa shape index (κ3) is 2.31. The van der Waals surface area contributed by atoms with Gasteiger partial charge in [-0.25, -0.2) is 4.21 Å². The van der Waals surface area contributed by atoms with E-state index in [1.54, 1.807) is 0 Å². The molecule has 0 saturated carbocycles. The topological polar surface area (TPSA) is 37.3 Å². The van der Waals surface area contributed by atoms with Crippen LogP contribution in [0, 0.1) is 5.92 Å². The first-order valence-corrected chi connectivity index (χ1v) is 6.37. The van der Waals surface area contributed by atoms with E-state index in [1.807, 2.05) is 43.3 Å². The molecule has 1 aliphatic rings. The van der Waals surface area contributed by atoms with Crippen LogP contribution in [-0.2, 0) is 11.1 Å². The molecular formula is C13H14O2S. The van der Waals surface area contributed by atoms with Crippen molar-refractivity contribution in [2.75, 3.05) is 0 Å². The molecule has 0 radical (unpaired) electrons. The Morgan fingerprint density at radius 3 is 2.62 bits per heavy atom. The SMILES string of the molecule is CC1C=CC(c2ccccc2)=C(S(=O)O)C1. The van der Waals surface area contributed by atoms with Gasteiger partial charge in [0.2, 0.25) is 0 Å². The summed E-state index contributed by atoms with van der Waals surface area (Å²) in [5.74, 6) is 0.332. The molecule has 2 rings (SSSR count).